The molecule has 1 saturated heterocycles. The van der Waals surface area contributed by atoms with Gasteiger partial charge in [-0.1, -0.05) is 23.7 Å². The van der Waals surface area contributed by atoms with Gasteiger partial charge in [0.05, 0.1) is 7.11 Å². The van der Waals surface area contributed by atoms with Crippen LogP contribution in [-0.4, -0.2) is 32.0 Å². The van der Waals surface area contributed by atoms with E-state index in [1.807, 2.05) is 36.4 Å². The quantitative estimate of drug-likeness (QED) is 0.792. The molecule has 27 heavy (non-hydrogen) atoms. The van der Waals surface area contributed by atoms with Crippen molar-refractivity contribution in [2.75, 3.05) is 25.1 Å². The van der Waals surface area contributed by atoms with Crippen molar-refractivity contribution >= 4 is 29.1 Å². The van der Waals surface area contributed by atoms with Crippen LogP contribution in [0.3, 0.4) is 0 Å². The Hall–Kier alpha value is -2.53. The Kier molecular flexibility index (Phi) is 6.35. The van der Waals surface area contributed by atoms with Gasteiger partial charge in [-0.25, -0.2) is 0 Å². The fourth-order valence-corrected chi connectivity index (χ4v) is 3.31. The van der Waals surface area contributed by atoms with E-state index in [4.69, 9.17) is 16.3 Å². The molecule has 1 unspecified atom stereocenters. The zero-order chi connectivity index (χ0) is 19.2. The SMILES string of the molecule is COc1ccc(CCC(=O)NCC2CC(=O)N(c3ccc(Cl)cc3)C2)cc1. The summed E-state index contributed by atoms with van der Waals surface area (Å²) in [6, 6.07) is 15.0. The van der Waals surface area contributed by atoms with Crippen LogP contribution in [-0.2, 0) is 16.0 Å². The lowest BCUT2D eigenvalue weighted by Gasteiger charge is -2.17. The van der Waals surface area contributed by atoms with E-state index in [0.717, 1.165) is 17.0 Å². The summed E-state index contributed by atoms with van der Waals surface area (Å²) < 4.78 is 5.13. The highest BCUT2D eigenvalue weighted by Gasteiger charge is 2.30. The summed E-state index contributed by atoms with van der Waals surface area (Å²) in [6.45, 7) is 1.12. The predicted molar refractivity (Wildman–Crippen MR) is 106 cm³/mol. The minimum absolute atomic E-state index is 0.00297. The molecule has 0 aliphatic carbocycles. The molecule has 5 nitrogen and oxygen atoms in total. The number of anilines is 1. The molecule has 2 aromatic rings. The Labute approximate surface area is 164 Å². The summed E-state index contributed by atoms with van der Waals surface area (Å²) in [4.78, 5) is 26.1. The molecule has 1 aliphatic heterocycles. The smallest absolute Gasteiger partial charge is 0.227 e. The molecule has 1 aliphatic rings. The van der Waals surface area contributed by atoms with Gasteiger partial charge in [0.2, 0.25) is 11.8 Å². The van der Waals surface area contributed by atoms with E-state index in [1.54, 1.807) is 24.1 Å². The van der Waals surface area contributed by atoms with E-state index in [2.05, 4.69) is 5.32 Å². The van der Waals surface area contributed by atoms with E-state index in [-0.39, 0.29) is 17.7 Å². The Morgan fingerprint density at radius 1 is 1.19 bits per heavy atom. The van der Waals surface area contributed by atoms with Gasteiger partial charge in [0.15, 0.2) is 0 Å². The molecule has 0 aromatic heterocycles. The maximum absolute atomic E-state index is 12.2. The lowest BCUT2D eigenvalue weighted by atomic mass is 10.1. The first-order chi connectivity index (χ1) is 13.0. The molecule has 2 amide bonds. The normalized spacial score (nSPS) is 16.4. The standard InChI is InChI=1S/C21H23ClN2O3/c1-27-19-9-2-15(3-10-19)4-11-20(25)23-13-16-12-21(26)24(14-16)18-7-5-17(22)6-8-18/h2-3,5-10,16H,4,11-14H2,1H3,(H,23,25). The first-order valence-electron chi connectivity index (χ1n) is 9.00. The summed E-state index contributed by atoms with van der Waals surface area (Å²) in [6.07, 6.45) is 1.55. The second-order valence-corrected chi connectivity index (χ2v) is 7.14. The third-order valence-electron chi connectivity index (χ3n) is 4.73. The highest BCUT2D eigenvalue weighted by Crippen LogP contribution is 2.26. The van der Waals surface area contributed by atoms with Gasteiger partial charge in [-0.05, 0) is 48.4 Å². The minimum atomic E-state index is 0.00297. The van der Waals surface area contributed by atoms with Crippen LogP contribution in [0.4, 0.5) is 5.69 Å². The van der Waals surface area contributed by atoms with Gasteiger partial charge >= 0.3 is 0 Å². The van der Waals surface area contributed by atoms with Gasteiger partial charge < -0.3 is 15.0 Å². The van der Waals surface area contributed by atoms with Crippen molar-refractivity contribution in [3.63, 3.8) is 0 Å². The van der Waals surface area contributed by atoms with Crippen molar-refractivity contribution in [3.05, 3.63) is 59.1 Å². The summed E-state index contributed by atoms with van der Waals surface area (Å²) in [5.41, 5.74) is 1.94. The molecule has 1 fully saturated rings. The number of ether oxygens (including phenoxy) is 1. The van der Waals surface area contributed by atoms with Crippen LogP contribution in [0.1, 0.15) is 18.4 Å². The number of benzene rings is 2. The molecule has 1 N–H and O–H groups in total. The monoisotopic (exact) mass is 386 g/mol. The summed E-state index contributed by atoms with van der Waals surface area (Å²) in [7, 11) is 1.63. The van der Waals surface area contributed by atoms with Gasteiger partial charge in [0.25, 0.3) is 0 Å². The molecular formula is C21H23ClN2O3. The molecule has 6 heteroatoms. The minimum Gasteiger partial charge on any atom is -0.497 e. The number of hydrogen-bond acceptors (Lipinski definition) is 3. The second-order valence-electron chi connectivity index (χ2n) is 6.70. The van der Waals surface area contributed by atoms with Gasteiger partial charge in [-0.3, -0.25) is 9.59 Å². The average Bonchev–Trinajstić information content (AvgIpc) is 3.06. The van der Waals surface area contributed by atoms with E-state index >= 15 is 0 Å². The highest BCUT2D eigenvalue weighted by molar-refractivity contribution is 6.30. The fraction of sp³-hybridized carbons (Fsp3) is 0.333. The molecule has 142 valence electrons. The van der Waals surface area contributed by atoms with Crippen molar-refractivity contribution in [2.24, 2.45) is 5.92 Å². The summed E-state index contributed by atoms with van der Waals surface area (Å²) in [5, 5.41) is 3.60. The molecule has 0 spiro atoms. The number of methoxy groups -OCH3 is 1. The van der Waals surface area contributed by atoms with Crippen molar-refractivity contribution in [1.82, 2.24) is 5.32 Å². The van der Waals surface area contributed by atoms with E-state index in [0.29, 0.717) is 37.4 Å². The lowest BCUT2D eigenvalue weighted by molar-refractivity contribution is -0.121. The van der Waals surface area contributed by atoms with Gasteiger partial charge in [0, 0.05) is 42.6 Å². The van der Waals surface area contributed by atoms with Crippen LogP contribution < -0.4 is 15.0 Å². The van der Waals surface area contributed by atoms with Crippen LogP contribution in [0.2, 0.25) is 5.02 Å². The van der Waals surface area contributed by atoms with Crippen LogP contribution in [0.15, 0.2) is 48.5 Å². The number of aryl methyl sites for hydroxylation is 1. The molecule has 2 aromatic carbocycles. The van der Waals surface area contributed by atoms with Crippen molar-refractivity contribution in [2.45, 2.75) is 19.3 Å². The number of hydrogen-bond donors (Lipinski definition) is 1. The Morgan fingerprint density at radius 2 is 1.89 bits per heavy atom. The van der Waals surface area contributed by atoms with Gasteiger partial charge in [-0.15, -0.1) is 0 Å². The predicted octanol–water partition coefficient (Wildman–Crippen LogP) is 3.45. The van der Waals surface area contributed by atoms with E-state index in [9.17, 15) is 9.59 Å². The summed E-state index contributed by atoms with van der Waals surface area (Å²) >= 11 is 5.90. The van der Waals surface area contributed by atoms with Crippen LogP contribution >= 0.6 is 11.6 Å². The lowest BCUT2D eigenvalue weighted by Crippen LogP contribution is -2.31. The number of carbonyl (C=O) groups is 2. The third kappa shape index (κ3) is 5.23. The first-order valence-corrected chi connectivity index (χ1v) is 9.38. The van der Waals surface area contributed by atoms with Crippen LogP contribution in [0.25, 0.3) is 0 Å². The number of rotatable bonds is 7. The fourth-order valence-electron chi connectivity index (χ4n) is 3.19. The zero-order valence-corrected chi connectivity index (χ0v) is 16.0. The highest BCUT2D eigenvalue weighted by atomic mass is 35.5. The van der Waals surface area contributed by atoms with E-state index < -0.39 is 0 Å². The molecule has 0 bridgehead atoms. The number of carbonyl (C=O) groups excluding carboxylic acids is 2. The van der Waals surface area contributed by atoms with Crippen LogP contribution in [0.5, 0.6) is 5.75 Å². The summed E-state index contributed by atoms with van der Waals surface area (Å²) in [5.74, 6) is 1.01. The number of amides is 2. The third-order valence-corrected chi connectivity index (χ3v) is 4.98. The average molecular weight is 387 g/mol. The van der Waals surface area contributed by atoms with Crippen LogP contribution in [0, 0.1) is 5.92 Å². The maximum atomic E-state index is 12.2. The molecule has 0 radical (unpaired) electrons. The molecule has 1 atom stereocenters. The molecule has 3 rings (SSSR count). The Bertz CT molecular complexity index is 790. The second kappa shape index (κ2) is 8.91. The Morgan fingerprint density at radius 3 is 2.56 bits per heavy atom. The largest absolute Gasteiger partial charge is 0.497 e. The van der Waals surface area contributed by atoms with Crippen molar-refractivity contribution in [3.8, 4) is 5.75 Å². The van der Waals surface area contributed by atoms with Gasteiger partial charge in [0.1, 0.15) is 5.75 Å². The van der Waals surface area contributed by atoms with Crippen molar-refractivity contribution < 1.29 is 14.3 Å². The van der Waals surface area contributed by atoms with Crippen molar-refractivity contribution in [1.29, 1.82) is 0 Å². The first kappa shape index (κ1) is 19.2. The van der Waals surface area contributed by atoms with Gasteiger partial charge in [-0.2, -0.15) is 0 Å². The topological polar surface area (TPSA) is 58.6 Å². The zero-order valence-electron chi connectivity index (χ0n) is 15.3. The maximum Gasteiger partial charge on any atom is 0.227 e. The molecular weight excluding hydrogens is 364 g/mol. The number of nitrogens with one attached hydrogen (secondary N) is 1. The molecule has 0 saturated carbocycles. The number of nitrogens with zero attached hydrogens (tertiary/aromatic N) is 1. The van der Waals surface area contributed by atoms with E-state index in [1.165, 1.54) is 0 Å². The Balaban J connectivity index is 1.43. The molecule has 1 heterocycles. The number of halogens is 1.